The Bertz CT molecular complexity index is 694. The van der Waals surface area contributed by atoms with Crippen molar-refractivity contribution in [2.75, 3.05) is 0 Å². The summed E-state index contributed by atoms with van der Waals surface area (Å²) in [6.45, 7) is 27.9. The zero-order chi connectivity index (χ0) is 27.1. The van der Waals surface area contributed by atoms with Crippen LogP contribution in [0.3, 0.4) is 0 Å². The quantitative estimate of drug-likeness (QED) is 0.228. The van der Waals surface area contributed by atoms with E-state index in [0.29, 0.717) is 11.8 Å². The molecule has 0 fully saturated rings. The molecule has 0 aliphatic carbocycles. The van der Waals surface area contributed by atoms with E-state index in [1.807, 2.05) is 0 Å². The van der Waals surface area contributed by atoms with Crippen LogP contribution in [0.1, 0.15) is 106 Å². The summed E-state index contributed by atoms with van der Waals surface area (Å²) in [6.07, 6.45) is 0. The van der Waals surface area contributed by atoms with Crippen LogP contribution in [-0.4, -0.2) is 25.7 Å². The first-order valence-corrected chi connectivity index (χ1v) is 21.8. The van der Waals surface area contributed by atoms with Crippen LogP contribution >= 0.6 is 0 Å². The molecule has 2 aromatic rings. The maximum atomic E-state index is 2.48. The Morgan fingerprint density at radius 2 is 0.842 bits per heavy atom. The van der Waals surface area contributed by atoms with Gasteiger partial charge in [0, 0.05) is 25.7 Å². The molecule has 0 aliphatic rings. The Hall–Kier alpha value is 0.801. The fraction of sp³-hybridized carbons (Fsp3) is 0.688. The molecule has 0 heterocycles. The third kappa shape index (κ3) is 13.6. The molecule has 219 valence electrons. The summed E-state index contributed by atoms with van der Waals surface area (Å²) in [5, 5.41) is 3.39. The first kappa shape index (κ1) is 45.8. The molecule has 0 atom stereocenters. The molecule has 0 bridgehead atoms. The first-order chi connectivity index (χ1) is 16.6. The van der Waals surface area contributed by atoms with Gasteiger partial charge in [0.15, 0.2) is 0 Å². The van der Waals surface area contributed by atoms with E-state index in [1.54, 1.807) is 10.4 Å². The van der Waals surface area contributed by atoms with Crippen molar-refractivity contribution in [3.8, 4) is 0 Å². The Morgan fingerprint density at radius 1 is 0.579 bits per heavy atom. The van der Waals surface area contributed by atoms with Crippen LogP contribution in [0.2, 0.25) is 48.4 Å². The van der Waals surface area contributed by atoms with Gasteiger partial charge >= 0.3 is 25.8 Å². The van der Waals surface area contributed by atoms with Gasteiger partial charge in [0.25, 0.3) is 0 Å². The van der Waals surface area contributed by atoms with Gasteiger partial charge in [0.1, 0.15) is 0 Å². The van der Waals surface area contributed by atoms with Gasteiger partial charge in [-0.05, 0) is 11.8 Å². The zero-order valence-electron chi connectivity index (χ0n) is 27.1. The zero-order valence-corrected chi connectivity index (χ0v) is 35.4. The van der Waals surface area contributed by atoms with E-state index in [4.69, 9.17) is 0 Å². The van der Waals surface area contributed by atoms with Crippen molar-refractivity contribution >= 4 is 36.0 Å². The molecule has 0 N–H and O–H groups in total. The molecule has 0 saturated heterocycles. The average molecular weight is 779 g/mol. The third-order valence-electron chi connectivity index (χ3n) is 8.75. The minimum absolute atomic E-state index is 0. The number of rotatable bonds is 12. The Balaban J connectivity index is -0.000000242. The first-order valence-electron chi connectivity index (χ1n) is 15.0. The second-order valence-corrected chi connectivity index (χ2v) is 23.7. The smallest absolute Gasteiger partial charge is 1.00 e. The second kappa shape index (κ2) is 24.4. The van der Waals surface area contributed by atoms with E-state index in [1.165, 1.54) is 59.5 Å². The van der Waals surface area contributed by atoms with E-state index >= 15 is 0 Å². The molecule has 0 nitrogen and oxygen atoms in total. The van der Waals surface area contributed by atoms with Crippen LogP contribution in [0, 0.1) is 0 Å². The molecule has 0 spiro atoms. The van der Waals surface area contributed by atoms with Crippen LogP contribution in [-0.2, 0) is 25.8 Å². The minimum Gasteiger partial charge on any atom is -1.00 e. The second-order valence-electron chi connectivity index (χ2n) is 11.0. The summed E-state index contributed by atoms with van der Waals surface area (Å²) < 4.78 is 0. The van der Waals surface area contributed by atoms with Gasteiger partial charge < -0.3 is 24.8 Å². The molecule has 2 rings (SSSR count). The summed E-state index contributed by atoms with van der Waals surface area (Å²) in [6, 6.07) is 25.6. The monoisotopic (exact) mass is 779 g/mol. The van der Waals surface area contributed by atoms with E-state index in [0.717, 1.165) is 9.52 Å². The molecule has 1 radical (unpaired) electrons. The van der Waals surface area contributed by atoms with Gasteiger partial charge in [-0.1, -0.05) is 131 Å². The van der Waals surface area contributed by atoms with Gasteiger partial charge in [-0.15, -0.1) is 0 Å². The molecular weight excluding hydrogens is 718 g/mol. The summed E-state index contributed by atoms with van der Waals surface area (Å²) in [5.74, 6) is 1.35. The van der Waals surface area contributed by atoms with Gasteiger partial charge in [-0.2, -0.15) is 35.4 Å². The van der Waals surface area contributed by atoms with Crippen molar-refractivity contribution in [3.63, 3.8) is 0 Å². The van der Waals surface area contributed by atoms with Crippen molar-refractivity contribution in [3.05, 3.63) is 47.5 Å². The van der Waals surface area contributed by atoms with Crippen molar-refractivity contribution in [1.82, 2.24) is 0 Å². The van der Waals surface area contributed by atoms with Gasteiger partial charge in [-0.25, -0.2) is 22.5 Å². The number of halogens is 2. The molecular formula is C32H61Cl2HfSi3. The molecule has 0 saturated carbocycles. The fourth-order valence-electron chi connectivity index (χ4n) is 5.31. The summed E-state index contributed by atoms with van der Waals surface area (Å²) in [5.41, 5.74) is 3.05. The van der Waals surface area contributed by atoms with Crippen molar-refractivity contribution in [1.29, 1.82) is 0 Å². The standard InChI is InChI=1S/2C14H25Si.C4H11Si.2ClH.Hf/c2*1-6-15(7-2,8-3)14-10-9-13(11-14)12(4)5;1-3-5-4-2;;;/h2*9-12H,6-8H2,1-5H3;5H,3-4H2,1-2H3;2*1H;/q2*-1;;;;+4/p-2. The Morgan fingerprint density at radius 3 is 0.974 bits per heavy atom. The minimum atomic E-state index is -1.12. The van der Waals surface area contributed by atoms with E-state index in [2.05, 4.69) is 119 Å². The molecule has 0 aromatic heterocycles. The Labute approximate surface area is 275 Å². The van der Waals surface area contributed by atoms with Crippen LogP contribution in [0.4, 0.5) is 0 Å². The average Bonchev–Trinajstić information content (AvgIpc) is 3.55. The Kier molecular flexibility index (Phi) is 29.4. The topological polar surface area (TPSA) is 0 Å². The molecule has 0 amide bonds. The largest absolute Gasteiger partial charge is 4.00 e. The molecule has 0 unspecified atom stereocenters. The van der Waals surface area contributed by atoms with Crippen molar-refractivity contribution in [2.45, 2.75) is 143 Å². The summed E-state index contributed by atoms with van der Waals surface area (Å²) in [7, 11) is -1.42. The normalized spacial score (nSPS) is 10.9. The number of hydrogen-bond donors (Lipinski definition) is 0. The van der Waals surface area contributed by atoms with Crippen LogP contribution in [0.5, 0.6) is 0 Å². The molecule has 2 aromatic carbocycles. The van der Waals surface area contributed by atoms with Gasteiger partial charge in [-0.3, -0.25) is 0 Å². The predicted octanol–water partition coefficient (Wildman–Crippen LogP) is 3.79. The van der Waals surface area contributed by atoms with Crippen LogP contribution < -0.4 is 35.2 Å². The van der Waals surface area contributed by atoms with E-state index in [9.17, 15) is 0 Å². The SMILES string of the molecule is CC[SiH]CC.CC[Si](CC)(CC)c1c[cH-]c(C(C)C)c1.CC[Si](CC)(CC)c1c[cH-]c(C(C)C)c1.[Cl-].[Cl-].[Hf+4]. The van der Waals surface area contributed by atoms with Crippen molar-refractivity contribution < 1.29 is 50.7 Å². The maximum absolute atomic E-state index is 2.48. The third-order valence-corrected chi connectivity index (χ3v) is 21.1. The fourth-order valence-corrected chi connectivity index (χ4v) is 13.2. The predicted molar refractivity (Wildman–Crippen MR) is 174 cm³/mol. The molecule has 0 aliphatic heterocycles. The number of hydrogen-bond acceptors (Lipinski definition) is 0. The summed E-state index contributed by atoms with van der Waals surface area (Å²) >= 11 is 0. The van der Waals surface area contributed by atoms with Gasteiger partial charge in [0.05, 0.1) is 0 Å². The summed E-state index contributed by atoms with van der Waals surface area (Å²) in [4.78, 5) is 0. The van der Waals surface area contributed by atoms with Gasteiger partial charge in [0.2, 0.25) is 0 Å². The van der Waals surface area contributed by atoms with Crippen molar-refractivity contribution in [2.24, 2.45) is 0 Å². The van der Waals surface area contributed by atoms with Crippen LogP contribution in [0.15, 0.2) is 36.4 Å². The van der Waals surface area contributed by atoms with E-state index in [-0.39, 0.29) is 50.7 Å². The molecule has 38 heavy (non-hydrogen) atoms. The van der Waals surface area contributed by atoms with Crippen LogP contribution in [0.25, 0.3) is 0 Å². The maximum Gasteiger partial charge on any atom is 4.00 e. The molecule has 6 heteroatoms. The van der Waals surface area contributed by atoms with E-state index < -0.39 is 16.1 Å².